The van der Waals surface area contributed by atoms with Crippen LogP contribution in [0, 0.1) is 0 Å². The van der Waals surface area contributed by atoms with E-state index in [-0.39, 0.29) is 5.75 Å². The fraction of sp³-hybridized carbons (Fsp3) is 0. The highest BCUT2D eigenvalue weighted by Crippen LogP contribution is 2.36. The Balaban J connectivity index is 2.20. The smallest absolute Gasteiger partial charge is 0.143 e. The van der Waals surface area contributed by atoms with E-state index >= 15 is 0 Å². The maximum absolute atomic E-state index is 9.69. The number of aromatic amines is 1. The van der Waals surface area contributed by atoms with Gasteiger partial charge in [0.1, 0.15) is 11.6 Å². The average molecular weight is 368 g/mol. The zero-order valence-electron chi connectivity index (χ0n) is 9.11. The second-order valence-electron chi connectivity index (χ2n) is 3.89. The maximum Gasteiger partial charge on any atom is 0.143 e. The lowest BCUT2D eigenvalue weighted by Gasteiger charge is -2.03. The van der Waals surface area contributed by atoms with E-state index in [1.54, 1.807) is 0 Å². The summed E-state index contributed by atoms with van der Waals surface area (Å²) in [6, 6.07) is 11.5. The quantitative estimate of drug-likeness (QED) is 0.667. The number of imidazole rings is 1. The molecule has 0 saturated heterocycles. The summed E-state index contributed by atoms with van der Waals surface area (Å²) in [5, 5.41) is 9.69. The second kappa shape index (κ2) is 4.40. The van der Waals surface area contributed by atoms with Gasteiger partial charge in [-0.1, -0.05) is 12.1 Å². The molecule has 0 fully saturated rings. The van der Waals surface area contributed by atoms with Gasteiger partial charge in [0.25, 0.3) is 0 Å². The molecule has 5 heteroatoms. The summed E-state index contributed by atoms with van der Waals surface area (Å²) in [5.74, 6) is 0.965. The molecule has 0 aliphatic heterocycles. The first-order valence-corrected chi connectivity index (χ1v) is 6.87. The molecule has 2 aromatic carbocycles. The van der Waals surface area contributed by atoms with Crippen LogP contribution in [-0.2, 0) is 0 Å². The number of phenolic OH excluding ortho intramolecular Hbond substituents is 1. The molecule has 90 valence electrons. The number of hydrogen-bond donors (Lipinski definition) is 2. The van der Waals surface area contributed by atoms with E-state index in [2.05, 4.69) is 41.8 Å². The van der Waals surface area contributed by atoms with Crippen molar-refractivity contribution in [1.82, 2.24) is 9.97 Å². The Kier molecular flexibility index (Phi) is 2.87. The van der Waals surface area contributed by atoms with E-state index in [4.69, 9.17) is 0 Å². The first-order chi connectivity index (χ1) is 8.65. The molecule has 3 nitrogen and oxygen atoms in total. The summed E-state index contributed by atoms with van der Waals surface area (Å²) in [7, 11) is 0. The van der Waals surface area contributed by atoms with Gasteiger partial charge in [-0.3, -0.25) is 0 Å². The van der Waals surface area contributed by atoms with E-state index in [9.17, 15) is 5.11 Å². The molecular weight excluding hydrogens is 360 g/mol. The number of nitrogens with zero attached hydrogens (tertiary/aromatic N) is 1. The summed E-state index contributed by atoms with van der Waals surface area (Å²) in [5.41, 5.74) is 2.82. The van der Waals surface area contributed by atoms with Gasteiger partial charge in [-0.15, -0.1) is 0 Å². The minimum atomic E-state index is 0.190. The van der Waals surface area contributed by atoms with Crippen molar-refractivity contribution < 1.29 is 5.11 Å². The van der Waals surface area contributed by atoms with Gasteiger partial charge in [-0.05, 0) is 56.1 Å². The summed E-state index contributed by atoms with van der Waals surface area (Å²) in [6.07, 6.45) is 0. The Morgan fingerprint density at radius 1 is 1.06 bits per heavy atom. The topological polar surface area (TPSA) is 48.9 Å². The molecule has 1 heterocycles. The van der Waals surface area contributed by atoms with Crippen LogP contribution in [0.4, 0.5) is 0 Å². The third-order valence-corrected chi connectivity index (χ3v) is 3.89. The van der Waals surface area contributed by atoms with Gasteiger partial charge in [0.15, 0.2) is 0 Å². The van der Waals surface area contributed by atoms with Crippen LogP contribution in [-0.4, -0.2) is 15.1 Å². The molecule has 0 atom stereocenters. The number of para-hydroxylation sites is 2. The Morgan fingerprint density at radius 3 is 2.39 bits per heavy atom. The molecule has 0 unspecified atom stereocenters. The molecule has 18 heavy (non-hydrogen) atoms. The number of nitrogens with one attached hydrogen (secondary N) is 1. The molecule has 3 aromatic rings. The lowest BCUT2D eigenvalue weighted by atomic mass is 10.2. The predicted molar refractivity (Wildman–Crippen MR) is 78.6 cm³/mol. The van der Waals surface area contributed by atoms with Crippen LogP contribution in [0.15, 0.2) is 45.3 Å². The summed E-state index contributed by atoms with van der Waals surface area (Å²) in [4.78, 5) is 7.77. The highest BCUT2D eigenvalue weighted by atomic mass is 79.9. The molecule has 0 spiro atoms. The molecule has 3 rings (SSSR count). The number of H-pyrrole nitrogens is 1. The Hall–Kier alpha value is -1.33. The summed E-state index contributed by atoms with van der Waals surface area (Å²) < 4.78 is 1.26. The normalized spacial score (nSPS) is 11.0. The van der Waals surface area contributed by atoms with Gasteiger partial charge in [0.2, 0.25) is 0 Å². The Bertz CT molecular complexity index is 681. The van der Waals surface area contributed by atoms with E-state index < -0.39 is 0 Å². The van der Waals surface area contributed by atoms with Crippen molar-refractivity contribution in [3.63, 3.8) is 0 Å². The fourth-order valence-corrected chi connectivity index (χ4v) is 2.98. The number of aromatic hydroxyl groups is 1. The first kappa shape index (κ1) is 11.7. The number of halogens is 2. The molecule has 1 aromatic heterocycles. The van der Waals surface area contributed by atoms with Gasteiger partial charge >= 0.3 is 0 Å². The standard InChI is InChI=1S/C13H8Br2N2O/c14-8-5-7(6-9(15)12(8)18)13-16-10-3-1-2-4-11(10)17-13/h1-6,18H,(H,16,17). The second-order valence-corrected chi connectivity index (χ2v) is 5.60. The van der Waals surface area contributed by atoms with Crippen molar-refractivity contribution >= 4 is 42.9 Å². The predicted octanol–water partition coefficient (Wildman–Crippen LogP) is 4.46. The van der Waals surface area contributed by atoms with Crippen molar-refractivity contribution in [2.24, 2.45) is 0 Å². The van der Waals surface area contributed by atoms with Crippen molar-refractivity contribution in [3.8, 4) is 17.1 Å². The van der Waals surface area contributed by atoms with Crippen molar-refractivity contribution in [2.75, 3.05) is 0 Å². The lowest BCUT2D eigenvalue weighted by Crippen LogP contribution is -1.82. The Labute approximate surface area is 120 Å². The van der Waals surface area contributed by atoms with Crippen molar-refractivity contribution in [2.45, 2.75) is 0 Å². The molecule has 0 aliphatic carbocycles. The molecule has 2 N–H and O–H groups in total. The van der Waals surface area contributed by atoms with Gasteiger partial charge in [0.05, 0.1) is 20.0 Å². The van der Waals surface area contributed by atoms with E-state index in [1.165, 1.54) is 0 Å². The zero-order valence-corrected chi connectivity index (χ0v) is 12.3. The molecule has 0 radical (unpaired) electrons. The Morgan fingerprint density at radius 2 is 1.72 bits per heavy atom. The van der Waals surface area contributed by atoms with Gasteiger partial charge in [-0.25, -0.2) is 4.98 Å². The summed E-state index contributed by atoms with van der Waals surface area (Å²) in [6.45, 7) is 0. The van der Waals surface area contributed by atoms with Crippen LogP contribution >= 0.6 is 31.9 Å². The maximum atomic E-state index is 9.69. The van der Waals surface area contributed by atoms with Crippen molar-refractivity contribution in [3.05, 3.63) is 45.3 Å². The van der Waals surface area contributed by atoms with Gasteiger partial charge < -0.3 is 10.1 Å². The highest BCUT2D eigenvalue weighted by molar-refractivity contribution is 9.11. The largest absolute Gasteiger partial charge is 0.506 e. The molecule has 0 bridgehead atoms. The number of phenols is 1. The van der Waals surface area contributed by atoms with Gasteiger partial charge in [-0.2, -0.15) is 0 Å². The third-order valence-electron chi connectivity index (χ3n) is 2.68. The fourth-order valence-electron chi connectivity index (χ4n) is 1.79. The van der Waals surface area contributed by atoms with Crippen molar-refractivity contribution in [1.29, 1.82) is 0 Å². The zero-order chi connectivity index (χ0) is 12.7. The number of rotatable bonds is 1. The third kappa shape index (κ3) is 1.93. The SMILES string of the molecule is Oc1c(Br)cc(-c2nc3ccccc3[nH]2)cc1Br. The van der Waals surface area contributed by atoms with E-state index in [1.807, 2.05) is 36.4 Å². The number of fused-ring (bicyclic) bond motifs is 1. The highest BCUT2D eigenvalue weighted by Gasteiger charge is 2.10. The van der Waals surface area contributed by atoms with Crippen LogP contribution < -0.4 is 0 Å². The number of benzene rings is 2. The van der Waals surface area contributed by atoms with Crippen LogP contribution in [0.1, 0.15) is 0 Å². The molecule has 0 aliphatic rings. The molecule has 0 saturated carbocycles. The molecular formula is C13H8Br2N2O. The lowest BCUT2D eigenvalue weighted by molar-refractivity contribution is 0.468. The number of aromatic nitrogens is 2. The minimum absolute atomic E-state index is 0.190. The summed E-state index contributed by atoms with van der Waals surface area (Å²) >= 11 is 6.63. The van der Waals surface area contributed by atoms with Crippen LogP contribution in [0.3, 0.4) is 0 Å². The van der Waals surface area contributed by atoms with E-state index in [0.29, 0.717) is 8.95 Å². The van der Waals surface area contributed by atoms with Crippen LogP contribution in [0.5, 0.6) is 5.75 Å². The monoisotopic (exact) mass is 366 g/mol. The number of hydrogen-bond acceptors (Lipinski definition) is 2. The van der Waals surface area contributed by atoms with Crippen LogP contribution in [0.2, 0.25) is 0 Å². The van der Waals surface area contributed by atoms with E-state index in [0.717, 1.165) is 22.4 Å². The average Bonchev–Trinajstić information content (AvgIpc) is 2.79. The van der Waals surface area contributed by atoms with Gasteiger partial charge in [0, 0.05) is 5.56 Å². The molecule has 0 amide bonds. The first-order valence-electron chi connectivity index (χ1n) is 5.28. The van der Waals surface area contributed by atoms with Crippen LogP contribution in [0.25, 0.3) is 22.4 Å². The minimum Gasteiger partial charge on any atom is -0.506 e.